The van der Waals surface area contributed by atoms with Gasteiger partial charge in [0.1, 0.15) is 5.75 Å². The summed E-state index contributed by atoms with van der Waals surface area (Å²) in [6.45, 7) is 3.70. The molecule has 1 atom stereocenters. The summed E-state index contributed by atoms with van der Waals surface area (Å²) >= 11 is 1.38. The highest BCUT2D eigenvalue weighted by molar-refractivity contribution is 7.14. The van der Waals surface area contributed by atoms with Gasteiger partial charge in [-0.15, -0.1) is 11.3 Å². The molecule has 1 aliphatic heterocycles. The van der Waals surface area contributed by atoms with Crippen molar-refractivity contribution in [2.45, 2.75) is 32.8 Å². The average Bonchev–Trinajstić information content (AvgIpc) is 3.01. The summed E-state index contributed by atoms with van der Waals surface area (Å²) in [6.07, 6.45) is 0.803. The number of hydrogen-bond donors (Lipinski definition) is 1. The molecule has 0 aliphatic carbocycles. The minimum Gasteiger partial charge on any atom is -0.479 e. The molecule has 0 spiro atoms. The van der Waals surface area contributed by atoms with Crippen LogP contribution in [-0.4, -0.2) is 29.9 Å². The molecule has 7 heteroatoms. The van der Waals surface area contributed by atoms with Gasteiger partial charge in [-0.3, -0.25) is 9.59 Å². The molecule has 1 aromatic carbocycles. The third-order valence-electron chi connectivity index (χ3n) is 3.83. The van der Waals surface area contributed by atoms with E-state index in [1.165, 1.54) is 11.3 Å². The molecule has 2 amide bonds. The molecule has 2 heterocycles. The molecule has 0 saturated carbocycles. The molecule has 0 bridgehead atoms. The summed E-state index contributed by atoms with van der Waals surface area (Å²) in [6, 6.07) is 5.63. The average molecular weight is 345 g/mol. The van der Waals surface area contributed by atoms with Crippen molar-refractivity contribution in [2.24, 2.45) is 0 Å². The Balaban J connectivity index is 1.85. The number of nitrogens with one attached hydrogen (secondary N) is 1. The Labute approximate surface area is 144 Å². The summed E-state index contributed by atoms with van der Waals surface area (Å²) in [4.78, 5) is 29.8. The lowest BCUT2D eigenvalue weighted by molar-refractivity contribution is -0.125. The smallest absolute Gasteiger partial charge is 0.267 e. The van der Waals surface area contributed by atoms with Crippen molar-refractivity contribution in [1.29, 1.82) is 0 Å². The van der Waals surface area contributed by atoms with E-state index in [0.717, 1.165) is 23.4 Å². The molecule has 1 aliphatic rings. The van der Waals surface area contributed by atoms with Gasteiger partial charge in [0.05, 0.1) is 11.4 Å². The summed E-state index contributed by atoms with van der Waals surface area (Å²) in [5.41, 5.74) is 2.35. The van der Waals surface area contributed by atoms with Crippen LogP contribution in [0.4, 0.5) is 10.8 Å². The van der Waals surface area contributed by atoms with E-state index in [1.807, 2.05) is 30.5 Å². The van der Waals surface area contributed by atoms with Gasteiger partial charge in [0, 0.05) is 24.4 Å². The van der Waals surface area contributed by atoms with Crippen molar-refractivity contribution in [2.75, 3.05) is 17.3 Å². The summed E-state index contributed by atoms with van der Waals surface area (Å²) < 4.78 is 5.62. The summed E-state index contributed by atoms with van der Waals surface area (Å²) in [5.74, 6) is 0.571. The zero-order valence-corrected chi connectivity index (χ0v) is 14.6. The van der Waals surface area contributed by atoms with Crippen molar-refractivity contribution in [1.82, 2.24) is 4.98 Å². The Morgan fingerprint density at radius 1 is 1.46 bits per heavy atom. The highest BCUT2D eigenvalue weighted by atomic mass is 32.1. The van der Waals surface area contributed by atoms with E-state index in [1.54, 1.807) is 18.9 Å². The molecule has 0 radical (unpaired) electrons. The molecule has 24 heavy (non-hydrogen) atoms. The monoisotopic (exact) mass is 345 g/mol. The maximum Gasteiger partial charge on any atom is 0.267 e. The molecular formula is C17H19N3O3S. The largest absolute Gasteiger partial charge is 0.479 e. The second-order valence-electron chi connectivity index (χ2n) is 5.68. The Kier molecular flexibility index (Phi) is 4.53. The first kappa shape index (κ1) is 16.4. The predicted octanol–water partition coefficient (Wildman–Crippen LogP) is 3.29. The molecule has 3 rings (SSSR count). The van der Waals surface area contributed by atoms with E-state index in [0.29, 0.717) is 17.3 Å². The van der Waals surface area contributed by atoms with Gasteiger partial charge < -0.3 is 15.0 Å². The van der Waals surface area contributed by atoms with Crippen molar-refractivity contribution >= 4 is 34.0 Å². The van der Waals surface area contributed by atoms with Gasteiger partial charge in [0.15, 0.2) is 11.2 Å². The van der Waals surface area contributed by atoms with E-state index >= 15 is 0 Å². The normalized spacial score (nSPS) is 16.5. The third-order valence-corrected chi connectivity index (χ3v) is 4.58. The predicted molar refractivity (Wildman–Crippen MR) is 94.6 cm³/mol. The first-order valence-electron chi connectivity index (χ1n) is 7.83. The molecule has 126 valence electrons. The molecule has 0 saturated heterocycles. The molecule has 6 nitrogen and oxygen atoms in total. The van der Waals surface area contributed by atoms with Crippen LogP contribution < -0.4 is 15.0 Å². The highest BCUT2D eigenvalue weighted by Crippen LogP contribution is 2.37. The SMILES string of the molecule is CCCC(=O)Nc1nc(-c2ccc3c(c2)N(C)C(=O)C(C)O3)cs1. The number of rotatable bonds is 4. The Bertz CT molecular complexity index is 787. The fraction of sp³-hybridized carbons (Fsp3) is 0.353. The van der Waals surface area contributed by atoms with Crippen LogP contribution >= 0.6 is 11.3 Å². The molecule has 1 N–H and O–H groups in total. The number of carbonyl (C=O) groups excluding carboxylic acids is 2. The fourth-order valence-electron chi connectivity index (χ4n) is 2.54. The number of benzene rings is 1. The zero-order valence-electron chi connectivity index (χ0n) is 13.8. The van der Waals surface area contributed by atoms with Crippen LogP contribution in [0.1, 0.15) is 26.7 Å². The second-order valence-corrected chi connectivity index (χ2v) is 6.53. The van der Waals surface area contributed by atoms with Crippen LogP contribution in [0.2, 0.25) is 0 Å². The van der Waals surface area contributed by atoms with Gasteiger partial charge in [0.2, 0.25) is 5.91 Å². The third kappa shape index (κ3) is 3.12. The number of aromatic nitrogens is 1. The van der Waals surface area contributed by atoms with Crippen LogP contribution in [0.15, 0.2) is 23.6 Å². The standard InChI is InChI=1S/C17H19N3O3S/c1-4-5-15(21)19-17-18-12(9-24-17)11-6-7-14-13(8-11)20(3)16(22)10(2)23-14/h6-10H,4-5H2,1-3H3,(H,18,19,21). The second kappa shape index (κ2) is 6.60. The van der Waals surface area contributed by atoms with Crippen LogP contribution in [0.25, 0.3) is 11.3 Å². The topological polar surface area (TPSA) is 71.5 Å². The fourth-order valence-corrected chi connectivity index (χ4v) is 3.28. The van der Waals surface area contributed by atoms with Crippen molar-refractivity contribution in [3.05, 3.63) is 23.6 Å². The van der Waals surface area contributed by atoms with Gasteiger partial charge in [-0.1, -0.05) is 6.92 Å². The van der Waals surface area contributed by atoms with Crippen LogP contribution in [0.3, 0.4) is 0 Å². The summed E-state index contributed by atoms with van der Waals surface area (Å²) in [7, 11) is 1.74. The maximum atomic E-state index is 12.1. The first-order chi connectivity index (χ1) is 11.5. The summed E-state index contributed by atoms with van der Waals surface area (Å²) in [5, 5.41) is 5.26. The number of likely N-dealkylation sites (N-methyl/N-ethyl adjacent to an activating group) is 1. The number of amides is 2. The van der Waals surface area contributed by atoms with Crippen molar-refractivity contribution < 1.29 is 14.3 Å². The number of fused-ring (bicyclic) bond motifs is 1. The molecule has 1 unspecified atom stereocenters. The molecule has 2 aromatic rings. The number of hydrogen-bond acceptors (Lipinski definition) is 5. The lowest BCUT2D eigenvalue weighted by Gasteiger charge is -2.30. The molecule has 0 fully saturated rings. The van der Waals surface area contributed by atoms with E-state index in [4.69, 9.17) is 4.74 Å². The number of nitrogens with zero attached hydrogens (tertiary/aromatic N) is 2. The zero-order chi connectivity index (χ0) is 17.3. The number of ether oxygens (including phenoxy) is 1. The number of carbonyl (C=O) groups is 2. The number of thiazole rings is 1. The van der Waals surface area contributed by atoms with Crippen molar-refractivity contribution in [3.8, 4) is 17.0 Å². The van der Waals surface area contributed by atoms with Crippen LogP contribution in [0, 0.1) is 0 Å². The Morgan fingerprint density at radius 2 is 2.25 bits per heavy atom. The van der Waals surface area contributed by atoms with E-state index < -0.39 is 6.10 Å². The highest BCUT2D eigenvalue weighted by Gasteiger charge is 2.29. The Hall–Kier alpha value is -2.41. The molecular weight excluding hydrogens is 326 g/mol. The van der Waals surface area contributed by atoms with Gasteiger partial charge in [0.25, 0.3) is 5.91 Å². The van der Waals surface area contributed by atoms with Crippen LogP contribution in [-0.2, 0) is 9.59 Å². The van der Waals surface area contributed by atoms with E-state index in [-0.39, 0.29) is 11.8 Å². The lowest BCUT2D eigenvalue weighted by Crippen LogP contribution is -2.41. The van der Waals surface area contributed by atoms with Gasteiger partial charge in [-0.25, -0.2) is 4.98 Å². The quantitative estimate of drug-likeness (QED) is 0.923. The van der Waals surface area contributed by atoms with E-state index in [2.05, 4.69) is 10.3 Å². The van der Waals surface area contributed by atoms with Gasteiger partial charge >= 0.3 is 0 Å². The number of anilines is 2. The van der Waals surface area contributed by atoms with Gasteiger partial charge in [-0.05, 0) is 31.5 Å². The van der Waals surface area contributed by atoms with Gasteiger partial charge in [-0.2, -0.15) is 0 Å². The van der Waals surface area contributed by atoms with Crippen LogP contribution in [0.5, 0.6) is 5.75 Å². The Morgan fingerprint density at radius 3 is 3.00 bits per heavy atom. The van der Waals surface area contributed by atoms with Crippen molar-refractivity contribution in [3.63, 3.8) is 0 Å². The first-order valence-corrected chi connectivity index (χ1v) is 8.71. The maximum absolute atomic E-state index is 12.1. The van der Waals surface area contributed by atoms with E-state index in [9.17, 15) is 9.59 Å². The minimum absolute atomic E-state index is 0.0310. The minimum atomic E-state index is -0.479. The molecule has 1 aromatic heterocycles. The lowest BCUT2D eigenvalue weighted by atomic mass is 10.1.